The largest absolute Gasteiger partial charge is 0.508 e. The summed E-state index contributed by atoms with van der Waals surface area (Å²) in [7, 11) is 1.55. The van der Waals surface area contributed by atoms with E-state index in [9.17, 15) is 29.4 Å². The molecule has 186 valence electrons. The van der Waals surface area contributed by atoms with Gasteiger partial charge in [-0.15, -0.1) is 0 Å². The van der Waals surface area contributed by atoms with Gasteiger partial charge in [0.25, 0.3) is 0 Å². The predicted octanol–water partition coefficient (Wildman–Crippen LogP) is 2.52. The van der Waals surface area contributed by atoms with Crippen LogP contribution in [0.2, 0.25) is 0 Å². The molecule has 9 nitrogen and oxygen atoms in total. The van der Waals surface area contributed by atoms with E-state index in [4.69, 9.17) is 4.74 Å². The minimum absolute atomic E-state index is 0.0252. The Labute approximate surface area is 207 Å². The summed E-state index contributed by atoms with van der Waals surface area (Å²) < 4.78 is 5.14. The first-order valence-corrected chi connectivity index (χ1v) is 12.0. The summed E-state index contributed by atoms with van der Waals surface area (Å²) >= 11 is 0.867. The Morgan fingerprint density at radius 1 is 1.11 bits per heavy atom. The number of phenolic OH excluding ortho intramolecular Hbond substituents is 1. The van der Waals surface area contributed by atoms with E-state index in [2.05, 4.69) is 5.32 Å². The lowest BCUT2D eigenvalue weighted by molar-refractivity contribution is -0.149. The number of carbonyl (C=O) groups excluding carboxylic acids is 3. The standard InChI is InChI=1S/C25H28N2O7S/c1-15(28)35-22(13-16-7-9-17(34-2)10-8-16)24(31)26-14-23(30)27-19(11-12-20(27)25(32)33)18-5-3-4-6-21(18)29/h3-10,19-20,22,29H,11-14H2,1-2H3,(H,26,31)(H,32,33)/t19?,20-,22?/m0/s1. The number of methoxy groups -OCH3 is 1. The number of amides is 2. The summed E-state index contributed by atoms with van der Waals surface area (Å²) in [4.78, 5) is 50.8. The van der Waals surface area contributed by atoms with Crippen LogP contribution in [0.5, 0.6) is 11.5 Å². The van der Waals surface area contributed by atoms with Gasteiger partial charge in [-0.25, -0.2) is 4.79 Å². The van der Waals surface area contributed by atoms with E-state index in [1.54, 1.807) is 49.6 Å². The van der Waals surface area contributed by atoms with Crippen molar-refractivity contribution >= 4 is 34.7 Å². The number of benzene rings is 2. The number of thioether (sulfide) groups is 1. The normalized spacial score (nSPS) is 18.1. The Bertz CT molecular complexity index is 1090. The van der Waals surface area contributed by atoms with Gasteiger partial charge in [0.15, 0.2) is 5.12 Å². The van der Waals surface area contributed by atoms with Crippen LogP contribution >= 0.6 is 11.8 Å². The Morgan fingerprint density at radius 3 is 2.40 bits per heavy atom. The molecule has 0 aliphatic carbocycles. The molecule has 10 heteroatoms. The van der Waals surface area contributed by atoms with Crippen LogP contribution in [-0.4, -0.2) is 63.0 Å². The molecule has 1 fully saturated rings. The molecule has 0 aromatic heterocycles. The summed E-state index contributed by atoms with van der Waals surface area (Å²) in [5, 5.41) is 21.4. The SMILES string of the molecule is COc1ccc(CC(SC(C)=O)C(=O)NCC(=O)N2C(c3ccccc3O)CC[C@H]2C(=O)O)cc1. The van der Waals surface area contributed by atoms with Gasteiger partial charge >= 0.3 is 5.97 Å². The number of nitrogens with one attached hydrogen (secondary N) is 1. The Balaban J connectivity index is 1.72. The highest BCUT2D eigenvalue weighted by Crippen LogP contribution is 2.39. The predicted molar refractivity (Wildman–Crippen MR) is 130 cm³/mol. The number of ether oxygens (including phenoxy) is 1. The van der Waals surface area contributed by atoms with E-state index in [0.29, 0.717) is 17.7 Å². The summed E-state index contributed by atoms with van der Waals surface area (Å²) in [5.41, 5.74) is 1.27. The number of hydrogen-bond acceptors (Lipinski definition) is 7. The molecule has 1 saturated heterocycles. The molecule has 35 heavy (non-hydrogen) atoms. The summed E-state index contributed by atoms with van der Waals surface area (Å²) in [6.07, 6.45) is 0.860. The van der Waals surface area contributed by atoms with Gasteiger partial charge in [0.2, 0.25) is 11.8 Å². The summed E-state index contributed by atoms with van der Waals surface area (Å²) in [6.45, 7) is 0.938. The van der Waals surface area contributed by atoms with Crippen LogP contribution in [0.25, 0.3) is 0 Å². The zero-order valence-electron chi connectivity index (χ0n) is 19.5. The number of aromatic hydroxyl groups is 1. The maximum Gasteiger partial charge on any atom is 0.326 e. The summed E-state index contributed by atoms with van der Waals surface area (Å²) in [6, 6.07) is 11.9. The number of aliphatic carboxylic acids is 1. The number of carboxylic acids is 1. The van der Waals surface area contributed by atoms with Gasteiger partial charge in [-0.05, 0) is 43.0 Å². The minimum Gasteiger partial charge on any atom is -0.508 e. The molecule has 0 radical (unpaired) electrons. The average molecular weight is 501 g/mol. The van der Waals surface area contributed by atoms with Gasteiger partial charge in [-0.3, -0.25) is 14.4 Å². The molecule has 1 aliphatic heterocycles. The van der Waals surface area contributed by atoms with Crippen LogP contribution in [0.15, 0.2) is 48.5 Å². The molecule has 1 aliphatic rings. The van der Waals surface area contributed by atoms with E-state index in [1.807, 2.05) is 0 Å². The lowest BCUT2D eigenvalue weighted by Crippen LogP contribution is -2.47. The maximum atomic E-state index is 13.1. The first-order valence-electron chi connectivity index (χ1n) is 11.1. The van der Waals surface area contributed by atoms with Crippen molar-refractivity contribution < 1.29 is 34.1 Å². The fraction of sp³-hybridized carbons (Fsp3) is 0.360. The van der Waals surface area contributed by atoms with Gasteiger partial charge in [-0.1, -0.05) is 42.1 Å². The van der Waals surface area contributed by atoms with Gasteiger partial charge in [0.1, 0.15) is 17.5 Å². The van der Waals surface area contributed by atoms with Crippen molar-refractivity contribution in [3.05, 3.63) is 59.7 Å². The minimum atomic E-state index is -1.15. The van der Waals surface area contributed by atoms with Crippen molar-refractivity contribution in [1.29, 1.82) is 0 Å². The molecule has 0 spiro atoms. The molecule has 2 amide bonds. The smallest absolute Gasteiger partial charge is 0.326 e. The second-order valence-electron chi connectivity index (χ2n) is 8.18. The second kappa shape index (κ2) is 11.7. The number of rotatable bonds is 9. The van der Waals surface area contributed by atoms with Crippen molar-refractivity contribution in [2.75, 3.05) is 13.7 Å². The molecule has 3 N–H and O–H groups in total. The number of carbonyl (C=O) groups is 4. The van der Waals surface area contributed by atoms with E-state index >= 15 is 0 Å². The van der Waals surface area contributed by atoms with E-state index in [0.717, 1.165) is 17.3 Å². The highest BCUT2D eigenvalue weighted by molar-refractivity contribution is 8.14. The third-order valence-electron chi connectivity index (χ3n) is 5.85. The van der Waals surface area contributed by atoms with Crippen LogP contribution in [0.4, 0.5) is 0 Å². The average Bonchev–Trinajstić information content (AvgIpc) is 3.28. The lowest BCUT2D eigenvalue weighted by atomic mass is 10.0. The molecule has 0 bridgehead atoms. The quantitative estimate of drug-likeness (QED) is 0.478. The van der Waals surface area contributed by atoms with E-state index in [1.165, 1.54) is 17.9 Å². The summed E-state index contributed by atoms with van der Waals surface area (Å²) in [5.74, 6) is -1.58. The fourth-order valence-electron chi connectivity index (χ4n) is 4.21. The van der Waals surface area contributed by atoms with Crippen molar-refractivity contribution in [2.45, 2.75) is 43.5 Å². The van der Waals surface area contributed by atoms with Gasteiger partial charge in [0.05, 0.1) is 24.9 Å². The number of hydrogen-bond donors (Lipinski definition) is 3. The maximum absolute atomic E-state index is 13.1. The van der Waals surface area contributed by atoms with Crippen LogP contribution in [0.1, 0.15) is 36.9 Å². The number of phenols is 1. The van der Waals surface area contributed by atoms with Gasteiger partial charge < -0.3 is 25.2 Å². The van der Waals surface area contributed by atoms with Crippen LogP contribution in [0.3, 0.4) is 0 Å². The highest BCUT2D eigenvalue weighted by Gasteiger charge is 2.42. The molecule has 2 aromatic carbocycles. The first-order chi connectivity index (χ1) is 16.7. The number of carboxylic acid groups (broad SMARTS) is 1. The zero-order chi connectivity index (χ0) is 25.5. The Morgan fingerprint density at radius 2 is 1.80 bits per heavy atom. The number of para-hydroxylation sites is 1. The van der Waals surface area contributed by atoms with Gasteiger partial charge in [0, 0.05) is 12.5 Å². The topological polar surface area (TPSA) is 133 Å². The van der Waals surface area contributed by atoms with E-state index < -0.39 is 41.7 Å². The molecule has 0 saturated carbocycles. The number of nitrogens with zero attached hydrogens (tertiary/aromatic N) is 1. The van der Waals surface area contributed by atoms with Crippen LogP contribution in [0, 0.1) is 0 Å². The fourth-order valence-corrected chi connectivity index (χ4v) is 5.07. The van der Waals surface area contributed by atoms with Crippen molar-refractivity contribution in [1.82, 2.24) is 10.2 Å². The third kappa shape index (κ3) is 6.54. The molecule has 1 heterocycles. The van der Waals surface area contributed by atoms with Crippen molar-refractivity contribution in [3.8, 4) is 11.5 Å². The Hall–Kier alpha value is -3.53. The van der Waals surface area contributed by atoms with Gasteiger partial charge in [-0.2, -0.15) is 0 Å². The molecular weight excluding hydrogens is 472 g/mol. The highest BCUT2D eigenvalue weighted by atomic mass is 32.2. The van der Waals surface area contributed by atoms with Crippen LogP contribution in [-0.2, 0) is 25.6 Å². The molecular formula is C25H28N2O7S. The molecule has 3 rings (SSSR count). The Kier molecular flexibility index (Phi) is 8.75. The molecule has 2 unspecified atom stereocenters. The first kappa shape index (κ1) is 26.1. The van der Waals surface area contributed by atoms with Crippen molar-refractivity contribution in [3.63, 3.8) is 0 Å². The van der Waals surface area contributed by atoms with Crippen molar-refractivity contribution in [2.24, 2.45) is 0 Å². The second-order valence-corrected chi connectivity index (χ2v) is 9.55. The third-order valence-corrected chi connectivity index (χ3v) is 6.85. The number of likely N-dealkylation sites (tertiary alicyclic amines) is 1. The lowest BCUT2D eigenvalue weighted by Gasteiger charge is -2.29. The van der Waals surface area contributed by atoms with E-state index in [-0.39, 0.29) is 23.7 Å². The van der Waals surface area contributed by atoms with Crippen LogP contribution < -0.4 is 10.1 Å². The molecule has 2 aromatic rings. The zero-order valence-corrected chi connectivity index (χ0v) is 20.3. The molecule has 3 atom stereocenters. The monoisotopic (exact) mass is 500 g/mol.